The van der Waals surface area contributed by atoms with Crippen molar-refractivity contribution in [1.82, 2.24) is 5.32 Å². The van der Waals surface area contributed by atoms with Crippen molar-refractivity contribution in [3.05, 3.63) is 34.9 Å². The Morgan fingerprint density at radius 2 is 1.83 bits per heavy atom. The average molecular weight is 360 g/mol. The molecule has 128 valence electrons. The van der Waals surface area contributed by atoms with E-state index in [0.29, 0.717) is 24.3 Å². The molecule has 1 aromatic carbocycles. The molecule has 0 aliphatic carbocycles. The van der Waals surface area contributed by atoms with Gasteiger partial charge in [-0.2, -0.15) is 0 Å². The number of ketones is 1. The highest BCUT2D eigenvalue weighted by Gasteiger charge is 2.20. The van der Waals surface area contributed by atoms with Crippen molar-refractivity contribution in [2.24, 2.45) is 0 Å². The Hall–Kier alpha value is -1.26. The van der Waals surface area contributed by atoms with Crippen LogP contribution in [0.4, 0.5) is 4.79 Å². The number of Topliss-reactive ketones (excluding diaryl/α,β-unsaturated/α-hetero) is 1. The minimum absolute atomic E-state index is 0.0138. The molecular formula is C17H23Cl2NO3. The van der Waals surface area contributed by atoms with Crippen LogP contribution in [0.15, 0.2) is 24.3 Å². The summed E-state index contributed by atoms with van der Waals surface area (Å²) >= 11 is 11.4. The van der Waals surface area contributed by atoms with E-state index in [1.165, 1.54) is 0 Å². The minimum atomic E-state index is -0.569. The van der Waals surface area contributed by atoms with Gasteiger partial charge in [0.25, 0.3) is 0 Å². The van der Waals surface area contributed by atoms with Gasteiger partial charge >= 0.3 is 6.09 Å². The number of nitrogens with one attached hydrogen (secondary N) is 1. The fourth-order valence-corrected chi connectivity index (χ4v) is 2.27. The number of carbonyl (C=O) groups excluding carboxylic acids is 2. The van der Waals surface area contributed by atoms with Crippen molar-refractivity contribution < 1.29 is 14.3 Å². The molecule has 0 unspecified atom stereocenters. The molecule has 0 saturated carbocycles. The number of alkyl halides is 1. The fraction of sp³-hybridized carbons (Fsp3) is 0.529. The zero-order valence-corrected chi connectivity index (χ0v) is 15.2. The first-order valence-electron chi connectivity index (χ1n) is 7.51. The number of amides is 1. The predicted octanol–water partition coefficient (Wildman–Crippen LogP) is 4.36. The van der Waals surface area contributed by atoms with Gasteiger partial charge in [-0.05, 0) is 51.3 Å². The maximum Gasteiger partial charge on any atom is 0.407 e. The van der Waals surface area contributed by atoms with E-state index in [9.17, 15) is 9.59 Å². The second-order valence-corrected chi connectivity index (χ2v) is 7.09. The molecule has 6 heteroatoms. The maximum atomic E-state index is 12.0. The van der Waals surface area contributed by atoms with Crippen LogP contribution < -0.4 is 5.32 Å². The SMILES string of the molecule is CC(C)(C)OC(=O)N[C@H](CCC(=O)CCl)Cc1ccc(Cl)cc1. The van der Waals surface area contributed by atoms with E-state index in [0.717, 1.165) is 5.56 Å². The Kier molecular flexibility index (Phi) is 7.86. The smallest absolute Gasteiger partial charge is 0.407 e. The number of halogens is 2. The number of carbonyl (C=O) groups is 2. The zero-order valence-electron chi connectivity index (χ0n) is 13.7. The molecule has 0 aromatic heterocycles. The molecule has 1 N–H and O–H groups in total. The lowest BCUT2D eigenvalue weighted by Gasteiger charge is -2.23. The van der Waals surface area contributed by atoms with Crippen LogP contribution in [-0.4, -0.2) is 29.4 Å². The standard InChI is InChI=1S/C17H23Cl2NO3/c1-17(2,3)23-16(22)20-14(8-9-15(21)11-18)10-12-4-6-13(19)7-5-12/h4-7,14H,8-11H2,1-3H3,(H,20,22)/t14-/m1/s1. The number of ether oxygens (including phenoxy) is 1. The van der Waals surface area contributed by atoms with Crippen LogP contribution in [0.2, 0.25) is 5.02 Å². The van der Waals surface area contributed by atoms with Gasteiger partial charge in [0.2, 0.25) is 0 Å². The van der Waals surface area contributed by atoms with Crippen LogP contribution in [0.3, 0.4) is 0 Å². The van der Waals surface area contributed by atoms with E-state index in [2.05, 4.69) is 5.32 Å². The summed E-state index contributed by atoms with van der Waals surface area (Å²) in [6.45, 7) is 5.41. The van der Waals surface area contributed by atoms with E-state index in [-0.39, 0.29) is 17.7 Å². The molecule has 0 aliphatic heterocycles. The third-order valence-corrected chi connectivity index (χ3v) is 3.59. The monoisotopic (exact) mass is 359 g/mol. The summed E-state index contributed by atoms with van der Waals surface area (Å²) in [6, 6.07) is 7.18. The topological polar surface area (TPSA) is 55.4 Å². The molecule has 0 heterocycles. The van der Waals surface area contributed by atoms with Gasteiger partial charge < -0.3 is 10.1 Å². The van der Waals surface area contributed by atoms with E-state index in [1.54, 1.807) is 32.9 Å². The van der Waals surface area contributed by atoms with Crippen LogP contribution in [0.1, 0.15) is 39.2 Å². The molecule has 1 amide bonds. The predicted molar refractivity (Wildman–Crippen MR) is 93.3 cm³/mol. The van der Waals surface area contributed by atoms with Crippen LogP contribution >= 0.6 is 23.2 Å². The van der Waals surface area contributed by atoms with Gasteiger partial charge in [-0.3, -0.25) is 4.79 Å². The summed E-state index contributed by atoms with van der Waals surface area (Å²) < 4.78 is 5.28. The van der Waals surface area contributed by atoms with Crippen molar-refractivity contribution in [1.29, 1.82) is 0 Å². The first-order chi connectivity index (χ1) is 10.7. The Balaban J connectivity index is 2.69. The quantitative estimate of drug-likeness (QED) is 0.735. The van der Waals surface area contributed by atoms with Gasteiger partial charge in [-0.1, -0.05) is 23.7 Å². The largest absolute Gasteiger partial charge is 0.444 e. The van der Waals surface area contributed by atoms with Gasteiger partial charge in [0.05, 0.1) is 5.88 Å². The fourth-order valence-electron chi connectivity index (χ4n) is 2.01. The molecule has 0 saturated heterocycles. The number of benzene rings is 1. The Morgan fingerprint density at radius 1 is 1.22 bits per heavy atom. The molecule has 0 radical (unpaired) electrons. The Morgan fingerprint density at radius 3 is 2.35 bits per heavy atom. The summed E-state index contributed by atoms with van der Waals surface area (Å²) in [6.07, 6.45) is 0.923. The first-order valence-corrected chi connectivity index (χ1v) is 8.42. The molecule has 0 spiro atoms. The van der Waals surface area contributed by atoms with Crippen LogP contribution in [0.25, 0.3) is 0 Å². The first kappa shape index (κ1) is 19.8. The van der Waals surface area contributed by atoms with Gasteiger partial charge in [-0.25, -0.2) is 4.79 Å². The lowest BCUT2D eigenvalue weighted by molar-refractivity contribution is -0.116. The third-order valence-electron chi connectivity index (χ3n) is 3.04. The summed E-state index contributed by atoms with van der Waals surface area (Å²) in [7, 11) is 0. The van der Waals surface area contributed by atoms with Crippen LogP contribution in [0.5, 0.6) is 0 Å². The molecule has 0 aliphatic rings. The molecule has 1 rings (SSSR count). The molecule has 0 fully saturated rings. The highest BCUT2D eigenvalue weighted by atomic mass is 35.5. The Bertz CT molecular complexity index is 524. The molecule has 0 bridgehead atoms. The number of hydrogen-bond donors (Lipinski definition) is 1. The van der Waals surface area contributed by atoms with Crippen molar-refractivity contribution in [3.63, 3.8) is 0 Å². The van der Waals surface area contributed by atoms with Gasteiger partial charge in [0, 0.05) is 17.5 Å². The molecule has 1 atom stereocenters. The average Bonchev–Trinajstić information content (AvgIpc) is 2.44. The van der Waals surface area contributed by atoms with Crippen molar-refractivity contribution >= 4 is 35.1 Å². The van der Waals surface area contributed by atoms with E-state index in [1.807, 2.05) is 12.1 Å². The lowest BCUT2D eigenvalue weighted by atomic mass is 10.0. The summed E-state index contributed by atoms with van der Waals surface area (Å²) in [5, 5.41) is 3.48. The van der Waals surface area contributed by atoms with Crippen LogP contribution in [0, 0.1) is 0 Å². The summed E-state index contributed by atoms with van der Waals surface area (Å²) in [4.78, 5) is 23.4. The maximum absolute atomic E-state index is 12.0. The number of hydrogen-bond acceptors (Lipinski definition) is 3. The van der Waals surface area contributed by atoms with Gasteiger partial charge in [0.15, 0.2) is 0 Å². The number of alkyl carbamates (subject to hydrolysis) is 1. The van der Waals surface area contributed by atoms with Crippen LogP contribution in [-0.2, 0) is 16.0 Å². The highest BCUT2D eigenvalue weighted by Crippen LogP contribution is 2.14. The molecule has 4 nitrogen and oxygen atoms in total. The minimum Gasteiger partial charge on any atom is -0.444 e. The third kappa shape index (κ3) is 8.82. The van der Waals surface area contributed by atoms with Crippen molar-refractivity contribution in [3.8, 4) is 0 Å². The van der Waals surface area contributed by atoms with Crippen molar-refractivity contribution in [2.45, 2.75) is 51.7 Å². The second-order valence-electron chi connectivity index (χ2n) is 6.38. The second kappa shape index (κ2) is 9.14. The molecule has 23 heavy (non-hydrogen) atoms. The van der Waals surface area contributed by atoms with Gasteiger partial charge in [0.1, 0.15) is 11.4 Å². The molecular weight excluding hydrogens is 337 g/mol. The highest BCUT2D eigenvalue weighted by molar-refractivity contribution is 6.30. The lowest BCUT2D eigenvalue weighted by Crippen LogP contribution is -2.40. The van der Waals surface area contributed by atoms with E-state index in [4.69, 9.17) is 27.9 Å². The van der Waals surface area contributed by atoms with Gasteiger partial charge in [-0.15, -0.1) is 11.6 Å². The zero-order chi connectivity index (χ0) is 17.5. The van der Waals surface area contributed by atoms with E-state index >= 15 is 0 Å². The van der Waals surface area contributed by atoms with Crippen molar-refractivity contribution in [2.75, 3.05) is 5.88 Å². The summed E-state index contributed by atoms with van der Waals surface area (Å²) in [5.74, 6) is -0.0566. The normalized spacial score (nSPS) is 12.6. The van der Waals surface area contributed by atoms with E-state index < -0.39 is 11.7 Å². The molecule has 1 aromatic rings. The summed E-state index contributed by atoms with van der Waals surface area (Å²) in [5.41, 5.74) is 0.453. The Labute approximate surface area is 147 Å². The number of rotatable bonds is 7.